The molecule has 2 nitrogen and oxygen atoms in total. The van der Waals surface area contributed by atoms with E-state index in [0.29, 0.717) is 17.0 Å². The largest absolute Gasteiger partial charge is 0.489 e. The van der Waals surface area contributed by atoms with Crippen LogP contribution in [-0.2, 0) is 6.61 Å². The lowest BCUT2D eigenvalue weighted by Gasteiger charge is -2.15. The van der Waals surface area contributed by atoms with Crippen molar-refractivity contribution in [3.8, 4) is 11.8 Å². The minimum absolute atomic E-state index is 0.0999. The molecule has 0 aliphatic rings. The highest BCUT2D eigenvalue weighted by Gasteiger charge is 2.10. The topological polar surface area (TPSA) is 33.0 Å². The minimum atomic E-state index is -0.364. The van der Waals surface area contributed by atoms with Gasteiger partial charge in [-0.2, -0.15) is 5.26 Å². The highest BCUT2D eigenvalue weighted by Crippen LogP contribution is 2.30. The lowest BCUT2D eigenvalue weighted by atomic mass is 10.0. The van der Waals surface area contributed by atoms with Gasteiger partial charge in [0.05, 0.1) is 11.6 Å². The Labute approximate surface area is 132 Å². The third-order valence-corrected chi connectivity index (χ3v) is 3.65. The van der Waals surface area contributed by atoms with Crippen LogP contribution in [0.2, 0.25) is 0 Å². The van der Waals surface area contributed by atoms with Crippen molar-refractivity contribution in [1.29, 1.82) is 5.26 Å². The van der Waals surface area contributed by atoms with E-state index in [1.54, 1.807) is 0 Å². The Hall–Kier alpha value is -1.86. The van der Waals surface area contributed by atoms with Crippen molar-refractivity contribution in [2.75, 3.05) is 0 Å². The van der Waals surface area contributed by atoms with E-state index < -0.39 is 0 Å². The van der Waals surface area contributed by atoms with Crippen LogP contribution in [-0.4, -0.2) is 0 Å². The van der Waals surface area contributed by atoms with Crippen molar-refractivity contribution >= 4 is 15.9 Å². The van der Waals surface area contributed by atoms with Crippen LogP contribution in [0.4, 0.5) is 4.39 Å². The maximum atomic E-state index is 13.7. The Morgan fingerprint density at radius 3 is 2.67 bits per heavy atom. The molecule has 0 N–H and O–H groups in total. The number of ether oxygens (including phenoxy) is 1. The quantitative estimate of drug-likeness (QED) is 0.764. The fourth-order valence-corrected chi connectivity index (χ4v) is 2.39. The van der Waals surface area contributed by atoms with Crippen LogP contribution < -0.4 is 4.74 Å². The van der Waals surface area contributed by atoms with Crippen LogP contribution in [0.15, 0.2) is 40.9 Å². The molecule has 2 aromatic rings. The smallest absolute Gasteiger partial charge is 0.129 e. The van der Waals surface area contributed by atoms with E-state index in [2.05, 4.69) is 29.8 Å². The fraction of sp³-hybridized carbons (Fsp3) is 0.235. The van der Waals surface area contributed by atoms with Gasteiger partial charge in [-0.25, -0.2) is 4.39 Å². The molecule has 0 bridgehead atoms. The van der Waals surface area contributed by atoms with Crippen molar-refractivity contribution in [1.82, 2.24) is 0 Å². The van der Waals surface area contributed by atoms with Gasteiger partial charge >= 0.3 is 0 Å². The molecule has 0 fully saturated rings. The van der Waals surface area contributed by atoms with Crippen molar-refractivity contribution in [2.24, 2.45) is 0 Å². The number of rotatable bonds is 4. The third kappa shape index (κ3) is 3.83. The molecule has 0 aromatic heterocycles. The Morgan fingerprint density at radius 1 is 1.24 bits per heavy atom. The van der Waals surface area contributed by atoms with Gasteiger partial charge in [0.1, 0.15) is 18.2 Å². The summed E-state index contributed by atoms with van der Waals surface area (Å²) in [6.07, 6.45) is 0. The van der Waals surface area contributed by atoms with Gasteiger partial charge in [-0.3, -0.25) is 0 Å². The van der Waals surface area contributed by atoms with Crippen LogP contribution in [0.25, 0.3) is 0 Å². The average Bonchev–Trinajstić information content (AvgIpc) is 2.47. The summed E-state index contributed by atoms with van der Waals surface area (Å²) >= 11 is 3.44. The lowest BCUT2D eigenvalue weighted by Crippen LogP contribution is -2.02. The van der Waals surface area contributed by atoms with Gasteiger partial charge in [0.25, 0.3) is 0 Å². The molecule has 0 aliphatic heterocycles. The van der Waals surface area contributed by atoms with Gasteiger partial charge in [0.15, 0.2) is 0 Å². The molecule has 21 heavy (non-hydrogen) atoms. The molecule has 0 aliphatic carbocycles. The molecule has 0 atom stereocenters. The molecule has 0 radical (unpaired) electrons. The Bertz CT molecular complexity index is 692. The minimum Gasteiger partial charge on any atom is -0.489 e. The first-order valence-electron chi connectivity index (χ1n) is 6.62. The van der Waals surface area contributed by atoms with E-state index in [1.165, 1.54) is 18.2 Å². The van der Waals surface area contributed by atoms with Gasteiger partial charge in [0.2, 0.25) is 0 Å². The molecule has 0 spiro atoms. The first-order valence-corrected chi connectivity index (χ1v) is 7.41. The van der Waals surface area contributed by atoms with Gasteiger partial charge in [0, 0.05) is 10.0 Å². The summed E-state index contributed by atoms with van der Waals surface area (Å²) in [4.78, 5) is 0. The van der Waals surface area contributed by atoms with E-state index >= 15 is 0 Å². The Morgan fingerprint density at radius 2 is 2.00 bits per heavy atom. The lowest BCUT2D eigenvalue weighted by molar-refractivity contribution is 0.295. The summed E-state index contributed by atoms with van der Waals surface area (Å²) in [7, 11) is 0. The Balaban J connectivity index is 2.23. The predicted octanol–water partition coefficient (Wildman–Crippen LogP) is 5.16. The maximum Gasteiger partial charge on any atom is 0.129 e. The number of halogens is 2. The zero-order valence-electron chi connectivity index (χ0n) is 11.9. The fourth-order valence-electron chi connectivity index (χ4n) is 2.01. The number of hydrogen-bond acceptors (Lipinski definition) is 2. The van der Waals surface area contributed by atoms with E-state index in [9.17, 15) is 4.39 Å². The van der Waals surface area contributed by atoms with Crippen LogP contribution in [0.1, 0.15) is 36.5 Å². The second-order valence-electron chi connectivity index (χ2n) is 5.04. The second kappa shape index (κ2) is 6.73. The SMILES string of the molecule is CC(C)c1cc(Br)ccc1OCc1cc(C#N)ccc1F. The standard InChI is InChI=1S/C17H15BrFNO/c1-11(2)15-8-14(18)4-6-17(15)21-10-13-7-12(9-20)3-5-16(13)19/h3-8,11H,10H2,1-2H3. The summed E-state index contributed by atoms with van der Waals surface area (Å²) in [6.45, 7) is 4.25. The first kappa shape index (κ1) is 15.5. The van der Waals surface area contributed by atoms with Gasteiger partial charge in [-0.15, -0.1) is 0 Å². The molecule has 2 aromatic carbocycles. The third-order valence-electron chi connectivity index (χ3n) is 3.15. The number of benzene rings is 2. The van der Waals surface area contributed by atoms with E-state index in [0.717, 1.165) is 15.8 Å². The zero-order valence-corrected chi connectivity index (χ0v) is 13.4. The summed E-state index contributed by atoms with van der Waals surface area (Å²) in [5.74, 6) is 0.667. The summed E-state index contributed by atoms with van der Waals surface area (Å²) in [5, 5.41) is 8.87. The summed E-state index contributed by atoms with van der Waals surface area (Å²) < 4.78 is 20.5. The molecule has 0 saturated heterocycles. The number of nitriles is 1. The zero-order chi connectivity index (χ0) is 15.4. The molecule has 0 amide bonds. The summed E-state index contributed by atoms with van der Waals surface area (Å²) in [6, 6.07) is 12.0. The average molecular weight is 348 g/mol. The molecular weight excluding hydrogens is 333 g/mol. The molecule has 108 valence electrons. The number of hydrogen-bond donors (Lipinski definition) is 0. The molecular formula is C17H15BrFNO. The normalized spacial score (nSPS) is 10.5. The van der Waals surface area contributed by atoms with Gasteiger partial charge < -0.3 is 4.74 Å². The molecule has 4 heteroatoms. The molecule has 0 saturated carbocycles. The monoisotopic (exact) mass is 347 g/mol. The molecule has 0 heterocycles. The van der Waals surface area contributed by atoms with Crippen molar-refractivity contribution < 1.29 is 9.13 Å². The maximum absolute atomic E-state index is 13.7. The van der Waals surface area contributed by atoms with Crippen molar-refractivity contribution in [3.63, 3.8) is 0 Å². The highest BCUT2D eigenvalue weighted by atomic mass is 79.9. The molecule has 0 unspecified atom stereocenters. The second-order valence-corrected chi connectivity index (χ2v) is 5.96. The highest BCUT2D eigenvalue weighted by molar-refractivity contribution is 9.10. The van der Waals surface area contributed by atoms with Crippen molar-refractivity contribution in [3.05, 3.63) is 63.4 Å². The van der Waals surface area contributed by atoms with Crippen LogP contribution in [0, 0.1) is 17.1 Å². The predicted molar refractivity (Wildman–Crippen MR) is 83.7 cm³/mol. The first-order chi connectivity index (χ1) is 10.0. The van der Waals surface area contributed by atoms with E-state index in [1.807, 2.05) is 24.3 Å². The van der Waals surface area contributed by atoms with E-state index in [-0.39, 0.29) is 12.4 Å². The van der Waals surface area contributed by atoms with Crippen LogP contribution >= 0.6 is 15.9 Å². The van der Waals surface area contributed by atoms with Crippen LogP contribution in [0.5, 0.6) is 5.75 Å². The van der Waals surface area contributed by atoms with E-state index in [4.69, 9.17) is 10.00 Å². The Kier molecular flexibility index (Phi) is 4.98. The summed E-state index contributed by atoms with van der Waals surface area (Å²) in [5.41, 5.74) is 1.86. The van der Waals surface area contributed by atoms with Gasteiger partial charge in [-0.1, -0.05) is 29.8 Å². The van der Waals surface area contributed by atoms with Crippen molar-refractivity contribution in [2.45, 2.75) is 26.4 Å². The van der Waals surface area contributed by atoms with Crippen LogP contribution in [0.3, 0.4) is 0 Å². The number of nitrogens with zero attached hydrogens (tertiary/aromatic N) is 1. The van der Waals surface area contributed by atoms with Gasteiger partial charge in [-0.05, 0) is 47.9 Å². The molecule has 2 rings (SSSR count).